The van der Waals surface area contributed by atoms with Crippen molar-refractivity contribution in [1.29, 1.82) is 0 Å². The zero-order chi connectivity index (χ0) is 16.9. The summed E-state index contributed by atoms with van der Waals surface area (Å²) in [6.07, 6.45) is 3.47. The average molecular weight is 349 g/mol. The first-order valence-corrected chi connectivity index (χ1v) is 10.2. The van der Waals surface area contributed by atoms with Gasteiger partial charge in [-0.25, -0.2) is 0 Å². The number of aliphatic carboxylic acids is 1. The standard InChI is InChI=1S/C19H28N2O2S/c1-14-16(13-21-9-11-24-12-10-21)3-2-4-18(14)20-17-7-5-15(6-8-17)19(22)23/h2-4,15,17,20H,5-13H2,1H3,(H,22,23). The molecule has 0 atom stereocenters. The van der Waals surface area contributed by atoms with Crippen LogP contribution >= 0.6 is 11.8 Å². The molecule has 0 unspecified atom stereocenters. The van der Waals surface area contributed by atoms with Gasteiger partial charge in [0.05, 0.1) is 5.92 Å². The molecule has 0 bridgehead atoms. The van der Waals surface area contributed by atoms with E-state index in [4.69, 9.17) is 5.11 Å². The largest absolute Gasteiger partial charge is 0.481 e. The lowest BCUT2D eigenvalue weighted by molar-refractivity contribution is -0.142. The minimum atomic E-state index is -0.633. The summed E-state index contributed by atoms with van der Waals surface area (Å²) in [7, 11) is 0. The second-order valence-corrected chi connectivity index (χ2v) is 8.23. The molecule has 3 rings (SSSR count). The number of carboxylic acids is 1. The van der Waals surface area contributed by atoms with Crippen molar-refractivity contribution in [3.8, 4) is 0 Å². The van der Waals surface area contributed by atoms with Crippen LogP contribution in [-0.2, 0) is 11.3 Å². The third kappa shape index (κ3) is 4.45. The second kappa shape index (κ2) is 8.26. The molecule has 132 valence electrons. The molecule has 0 spiro atoms. The van der Waals surface area contributed by atoms with E-state index in [9.17, 15) is 4.79 Å². The molecule has 0 radical (unpaired) electrons. The maximum absolute atomic E-state index is 11.1. The highest BCUT2D eigenvalue weighted by Crippen LogP contribution is 2.29. The Morgan fingerprint density at radius 2 is 1.96 bits per heavy atom. The van der Waals surface area contributed by atoms with Gasteiger partial charge in [-0.1, -0.05) is 12.1 Å². The predicted molar refractivity (Wildman–Crippen MR) is 101 cm³/mol. The summed E-state index contributed by atoms with van der Waals surface area (Å²) in [5.74, 6) is 1.70. The van der Waals surface area contributed by atoms with E-state index in [0.29, 0.717) is 6.04 Å². The Kier molecular flexibility index (Phi) is 6.06. The van der Waals surface area contributed by atoms with Crippen LogP contribution in [0.2, 0.25) is 0 Å². The molecule has 2 N–H and O–H groups in total. The van der Waals surface area contributed by atoms with Gasteiger partial charge < -0.3 is 10.4 Å². The normalized spacial score (nSPS) is 25.4. The molecule has 4 nitrogen and oxygen atoms in total. The Morgan fingerprint density at radius 1 is 1.25 bits per heavy atom. The van der Waals surface area contributed by atoms with Gasteiger partial charge >= 0.3 is 5.97 Å². The second-order valence-electron chi connectivity index (χ2n) is 7.01. The van der Waals surface area contributed by atoms with Crippen molar-refractivity contribution in [2.45, 2.75) is 45.2 Å². The summed E-state index contributed by atoms with van der Waals surface area (Å²) >= 11 is 2.05. The lowest BCUT2D eigenvalue weighted by atomic mass is 9.86. The molecule has 1 saturated carbocycles. The number of hydrogen-bond donors (Lipinski definition) is 2. The van der Waals surface area contributed by atoms with E-state index in [1.165, 1.54) is 41.4 Å². The van der Waals surface area contributed by atoms with Gasteiger partial charge in [-0.15, -0.1) is 0 Å². The lowest BCUT2D eigenvalue weighted by Gasteiger charge is -2.30. The number of rotatable bonds is 5. The van der Waals surface area contributed by atoms with Crippen LogP contribution in [0.5, 0.6) is 0 Å². The predicted octanol–water partition coefficient (Wildman–Crippen LogP) is 3.60. The van der Waals surface area contributed by atoms with Crippen LogP contribution in [0, 0.1) is 12.8 Å². The molecular formula is C19H28N2O2S. The highest BCUT2D eigenvalue weighted by atomic mass is 32.2. The van der Waals surface area contributed by atoms with Gasteiger partial charge in [-0.3, -0.25) is 9.69 Å². The van der Waals surface area contributed by atoms with E-state index in [1.54, 1.807) is 0 Å². The number of hydrogen-bond acceptors (Lipinski definition) is 4. The molecule has 0 amide bonds. The van der Waals surface area contributed by atoms with E-state index in [0.717, 1.165) is 32.2 Å². The van der Waals surface area contributed by atoms with Crippen molar-refractivity contribution in [3.63, 3.8) is 0 Å². The van der Waals surface area contributed by atoms with Crippen LogP contribution in [-0.4, -0.2) is 46.6 Å². The first-order chi connectivity index (χ1) is 11.6. The molecule has 24 heavy (non-hydrogen) atoms. The van der Waals surface area contributed by atoms with Crippen molar-refractivity contribution >= 4 is 23.4 Å². The summed E-state index contributed by atoms with van der Waals surface area (Å²) in [5.41, 5.74) is 3.97. The highest BCUT2D eigenvalue weighted by Gasteiger charge is 2.26. The lowest BCUT2D eigenvalue weighted by Crippen LogP contribution is -2.32. The number of benzene rings is 1. The zero-order valence-corrected chi connectivity index (χ0v) is 15.3. The zero-order valence-electron chi connectivity index (χ0n) is 14.5. The third-order valence-electron chi connectivity index (χ3n) is 5.38. The summed E-state index contributed by atoms with van der Waals surface area (Å²) < 4.78 is 0. The summed E-state index contributed by atoms with van der Waals surface area (Å²) in [4.78, 5) is 13.6. The molecule has 1 aliphatic heterocycles. The number of anilines is 1. The Bertz CT molecular complexity index is 564. The number of nitrogens with one attached hydrogen (secondary N) is 1. The SMILES string of the molecule is Cc1c(CN2CCSCC2)cccc1NC1CCC(C(=O)O)CC1. The van der Waals surface area contributed by atoms with Gasteiger partial charge in [0.15, 0.2) is 0 Å². The minimum Gasteiger partial charge on any atom is -0.481 e. The van der Waals surface area contributed by atoms with Gasteiger partial charge in [0.25, 0.3) is 0 Å². The molecule has 1 aromatic rings. The summed E-state index contributed by atoms with van der Waals surface area (Å²) in [6, 6.07) is 6.95. The summed E-state index contributed by atoms with van der Waals surface area (Å²) in [5, 5.41) is 12.8. The van der Waals surface area contributed by atoms with Crippen LogP contribution in [0.15, 0.2) is 18.2 Å². The van der Waals surface area contributed by atoms with Crippen LogP contribution in [0.3, 0.4) is 0 Å². The summed E-state index contributed by atoms with van der Waals surface area (Å²) in [6.45, 7) is 5.61. The fourth-order valence-corrected chi connectivity index (χ4v) is 4.69. The van der Waals surface area contributed by atoms with E-state index < -0.39 is 5.97 Å². The Balaban J connectivity index is 1.60. The number of thioether (sulfide) groups is 1. The number of carbonyl (C=O) groups is 1. The first kappa shape index (κ1) is 17.6. The van der Waals surface area contributed by atoms with Crippen molar-refractivity contribution in [2.75, 3.05) is 29.9 Å². The van der Waals surface area contributed by atoms with E-state index in [-0.39, 0.29) is 5.92 Å². The van der Waals surface area contributed by atoms with Crippen LogP contribution < -0.4 is 5.32 Å². The van der Waals surface area contributed by atoms with E-state index in [2.05, 4.69) is 35.3 Å². The molecule has 1 saturated heterocycles. The Labute approximate surface area is 149 Å². The Morgan fingerprint density at radius 3 is 2.62 bits per heavy atom. The van der Waals surface area contributed by atoms with Gasteiger partial charge in [0, 0.05) is 42.9 Å². The average Bonchev–Trinajstić information content (AvgIpc) is 2.60. The van der Waals surface area contributed by atoms with Gasteiger partial charge in [0.2, 0.25) is 0 Å². The maximum Gasteiger partial charge on any atom is 0.306 e. The topological polar surface area (TPSA) is 52.6 Å². The molecule has 1 aliphatic carbocycles. The van der Waals surface area contributed by atoms with E-state index >= 15 is 0 Å². The minimum absolute atomic E-state index is 0.146. The molecule has 5 heteroatoms. The fourth-order valence-electron chi connectivity index (χ4n) is 3.72. The molecule has 0 aromatic heterocycles. The molecule has 1 heterocycles. The van der Waals surface area contributed by atoms with Crippen LogP contribution in [0.25, 0.3) is 0 Å². The molecule has 2 fully saturated rings. The van der Waals surface area contributed by atoms with Crippen molar-refractivity contribution in [1.82, 2.24) is 4.90 Å². The van der Waals surface area contributed by atoms with Crippen LogP contribution in [0.4, 0.5) is 5.69 Å². The molecule has 1 aromatic carbocycles. The highest BCUT2D eigenvalue weighted by molar-refractivity contribution is 7.99. The van der Waals surface area contributed by atoms with Gasteiger partial charge in [-0.05, 0) is 49.8 Å². The van der Waals surface area contributed by atoms with Crippen molar-refractivity contribution in [3.05, 3.63) is 29.3 Å². The maximum atomic E-state index is 11.1. The fraction of sp³-hybridized carbons (Fsp3) is 0.632. The third-order valence-corrected chi connectivity index (χ3v) is 6.32. The van der Waals surface area contributed by atoms with Crippen molar-refractivity contribution < 1.29 is 9.90 Å². The quantitative estimate of drug-likeness (QED) is 0.851. The molecular weight excluding hydrogens is 320 g/mol. The number of carboxylic acid groups (broad SMARTS) is 1. The van der Waals surface area contributed by atoms with E-state index in [1.807, 2.05) is 11.8 Å². The Hall–Kier alpha value is -1.20. The monoisotopic (exact) mass is 348 g/mol. The van der Waals surface area contributed by atoms with Gasteiger partial charge in [-0.2, -0.15) is 11.8 Å². The first-order valence-electron chi connectivity index (χ1n) is 9.01. The van der Waals surface area contributed by atoms with Gasteiger partial charge in [0.1, 0.15) is 0 Å². The number of nitrogens with zero attached hydrogens (tertiary/aromatic N) is 1. The van der Waals surface area contributed by atoms with Crippen LogP contribution in [0.1, 0.15) is 36.8 Å². The van der Waals surface area contributed by atoms with Crippen molar-refractivity contribution in [2.24, 2.45) is 5.92 Å². The molecule has 2 aliphatic rings. The smallest absolute Gasteiger partial charge is 0.306 e.